The van der Waals surface area contributed by atoms with E-state index in [1.165, 1.54) is 6.92 Å². The SMILES string of the molecule is CCNC(C)OP(=O)(O)O. The first-order chi connectivity index (χ1) is 4.45. The highest BCUT2D eigenvalue weighted by atomic mass is 31.2. The van der Waals surface area contributed by atoms with Crippen molar-refractivity contribution in [2.24, 2.45) is 0 Å². The van der Waals surface area contributed by atoms with Crippen molar-refractivity contribution in [1.29, 1.82) is 0 Å². The minimum atomic E-state index is -4.31. The molecule has 0 bridgehead atoms. The molecule has 1 atom stereocenters. The third kappa shape index (κ3) is 6.19. The molecule has 0 radical (unpaired) electrons. The summed E-state index contributed by atoms with van der Waals surface area (Å²) in [5.74, 6) is 0. The van der Waals surface area contributed by atoms with Gasteiger partial charge in [0.15, 0.2) is 0 Å². The van der Waals surface area contributed by atoms with Crippen LogP contribution in [0.3, 0.4) is 0 Å². The lowest BCUT2D eigenvalue weighted by Gasteiger charge is -2.13. The number of hydrogen-bond acceptors (Lipinski definition) is 3. The molecule has 0 saturated carbocycles. The number of phosphoric ester groups is 1. The Kier molecular flexibility index (Phi) is 4.08. The first-order valence-electron chi connectivity index (χ1n) is 2.93. The van der Waals surface area contributed by atoms with Crippen molar-refractivity contribution < 1.29 is 18.9 Å². The van der Waals surface area contributed by atoms with Gasteiger partial charge in [-0.05, 0) is 13.5 Å². The van der Waals surface area contributed by atoms with Crippen molar-refractivity contribution in [1.82, 2.24) is 5.32 Å². The predicted octanol–water partition coefficient (Wildman–Crippen LogP) is 0.0512. The quantitative estimate of drug-likeness (QED) is 0.409. The van der Waals surface area contributed by atoms with Gasteiger partial charge in [-0.15, -0.1) is 0 Å². The van der Waals surface area contributed by atoms with Crippen molar-refractivity contribution in [3.8, 4) is 0 Å². The molecule has 1 unspecified atom stereocenters. The second-order valence-corrected chi connectivity index (χ2v) is 2.99. The summed E-state index contributed by atoms with van der Waals surface area (Å²) in [7, 11) is -4.31. The van der Waals surface area contributed by atoms with Gasteiger partial charge in [0.1, 0.15) is 6.23 Å². The van der Waals surface area contributed by atoms with Crippen LogP contribution in [0, 0.1) is 0 Å². The van der Waals surface area contributed by atoms with Gasteiger partial charge >= 0.3 is 7.82 Å². The van der Waals surface area contributed by atoms with Gasteiger partial charge in [-0.2, -0.15) is 0 Å². The Balaban J connectivity index is 3.58. The van der Waals surface area contributed by atoms with Crippen LogP contribution in [0.15, 0.2) is 0 Å². The summed E-state index contributed by atoms with van der Waals surface area (Å²) >= 11 is 0. The standard InChI is InChI=1S/C4H12NO4P/c1-3-5-4(2)9-10(6,7)8/h4-5H,3H2,1-2H3,(H2,6,7,8). The van der Waals surface area contributed by atoms with E-state index in [9.17, 15) is 4.57 Å². The molecule has 0 aromatic heterocycles. The molecule has 0 aromatic carbocycles. The van der Waals surface area contributed by atoms with Crippen LogP contribution in [0.5, 0.6) is 0 Å². The van der Waals surface area contributed by atoms with E-state index in [0.29, 0.717) is 6.54 Å². The molecule has 0 rings (SSSR count). The number of nitrogens with one attached hydrogen (secondary N) is 1. The van der Waals surface area contributed by atoms with E-state index >= 15 is 0 Å². The predicted molar refractivity (Wildman–Crippen MR) is 36.3 cm³/mol. The van der Waals surface area contributed by atoms with E-state index < -0.39 is 14.1 Å². The third-order valence-electron chi connectivity index (χ3n) is 0.787. The van der Waals surface area contributed by atoms with Gasteiger partial charge in [0.25, 0.3) is 0 Å². The minimum Gasteiger partial charge on any atom is -0.303 e. The summed E-state index contributed by atoms with van der Waals surface area (Å²) in [6, 6.07) is 0. The Hall–Kier alpha value is 0.0700. The molecule has 0 aliphatic heterocycles. The van der Waals surface area contributed by atoms with Crippen molar-refractivity contribution >= 4 is 7.82 Å². The van der Waals surface area contributed by atoms with Gasteiger partial charge in [-0.25, -0.2) is 4.57 Å². The van der Waals surface area contributed by atoms with E-state index in [1.807, 2.05) is 6.92 Å². The van der Waals surface area contributed by atoms with Gasteiger partial charge in [0.2, 0.25) is 0 Å². The Morgan fingerprint density at radius 1 is 1.70 bits per heavy atom. The summed E-state index contributed by atoms with van der Waals surface area (Å²) in [6.07, 6.45) is -0.606. The summed E-state index contributed by atoms with van der Waals surface area (Å²) < 4.78 is 14.4. The maximum absolute atomic E-state index is 10.1. The zero-order valence-corrected chi connectivity index (χ0v) is 6.84. The maximum Gasteiger partial charge on any atom is 0.471 e. The van der Waals surface area contributed by atoms with Gasteiger partial charge in [0, 0.05) is 0 Å². The number of hydrogen-bond donors (Lipinski definition) is 3. The normalized spacial score (nSPS) is 15.2. The van der Waals surface area contributed by atoms with Crippen molar-refractivity contribution in [3.05, 3.63) is 0 Å². The summed E-state index contributed by atoms with van der Waals surface area (Å²) in [5.41, 5.74) is 0. The lowest BCUT2D eigenvalue weighted by Crippen LogP contribution is -2.27. The molecule has 0 aliphatic rings. The van der Waals surface area contributed by atoms with Crippen molar-refractivity contribution in [2.75, 3.05) is 6.54 Å². The van der Waals surface area contributed by atoms with E-state index in [2.05, 4.69) is 9.84 Å². The van der Waals surface area contributed by atoms with Crippen LogP contribution in [0.25, 0.3) is 0 Å². The molecule has 5 nitrogen and oxygen atoms in total. The summed E-state index contributed by atoms with van der Waals surface area (Å²) in [6.45, 7) is 3.96. The highest BCUT2D eigenvalue weighted by Crippen LogP contribution is 2.36. The molecule has 0 spiro atoms. The van der Waals surface area contributed by atoms with E-state index in [-0.39, 0.29) is 0 Å². The fourth-order valence-electron chi connectivity index (χ4n) is 0.531. The molecular formula is C4H12NO4P. The molecule has 0 heterocycles. The van der Waals surface area contributed by atoms with E-state index in [0.717, 1.165) is 0 Å². The highest BCUT2D eigenvalue weighted by molar-refractivity contribution is 7.46. The molecule has 6 heteroatoms. The lowest BCUT2D eigenvalue weighted by atomic mass is 10.6. The molecule has 3 N–H and O–H groups in total. The third-order valence-corrected chi connectivity index (χ3v) is 1.38. The molecular weight excluding hydrogens is 157 g/mol. The van der Waals surface area contributed by atoms with Gasteiger partial charge < -0.3 is 9.79 Å². The molecule has 0 amide bonds. The zero-order chi connectivity index (χ0) is 8.20. The van der Waals surface area contributed by atoms with E-state index in [4.69, 9.17) is 9.79 Å². The second kappa shape index (κ2) is 4.05. The van der Waals surface area contributed by atoms with Crippen LogP contribution in [0.1, 0.15) is 13.8 Å². The Morgan fingerprint density at radius 2 is 2.20 bits per heavy atom. The smallest absolute Gasteiger partial charge is 0.303 e. The molecule has 0 saturated heterocycles. The van der Waals surface area contributed by atoms with E-state index in [1.54, 1.807) is 0 Å². The summed E-state index contributed by atoms with van der Waals surface area (Å²) in [5, 5.41) is 2.69. The molecule has 0 aliphatic carbocycles. The van der Waals surface area contributed by atoms with Crippen LogP contribution in [0.4, 0.5) is 0 Å². The van der Waals surface area contributed by atoms with Crippen LogP contribution >= 0.6 is 7.82 Å². The second-order valence-electron chi connectivity index (χ2n) is 1.80. The Labute approximate surface area is 59.6 Å². The average Bonchev–Trinajstić information content (AvgIpc) is 1.59. The fraction of sp³-hybridized carbons (Fsp3) is 1.00. The monoisotopic (exact) mass is 169 g/mol. The Morgan fingerprint density at radius 3 is 2.50 bits per heavy atom. The average molecular weight is 169 g/mol. The Bertz CT molecular complexity index is 133. The largest absolute Gasteiger partial charge is 0.471 e. The first-order valence-corrected chi connectivity index (χ1v) is 4.46. The topological polar surface area (TPSA) is 78.8 Å². The fourth-order valence-corrected chi connectivity index (χ4v) is 1.02. The van der Waals surface area contributed by atoms with Gasteiger partial charge in [-0.1, -0.05) is 6.92 Å². The molecule has 0 fully saturated rings. The lowest BCUT2D eigenvalue weighted by molar-refractivity contribution is 0.123. The highest BCUT2D eigenvalue weighted by Gasteiger charge is 2.17. The maximum atomic E-state index is 10.1. The molecule has 10 heavy (non-hydrogen) atoms. The molecule has 0 aromatic rings. The van der Waals surface area contributed by atoms with Crippen LogP contribution < -0.4 is 5.32 Å². The van der Waals surface area contributed by atoms with Crippen LogP contribution in [-0.4, -0.2) is 22.6 Å². The molecule has 62 valence electrons. The van der Waals surface area contributed by atoms with Gasteiger partial charge in [0.05, 0.1) is 0 Å². The zero-order valence-electron chi connectivity index (χ0n) is 5.94. The van der Waals surface area contributed by atoms with Crippen LogP contribution in [-0.2, 0) is 9.09 Å². The van der Waals surface area contributed by atoms with Crippen molar-refractivity contribution in [3.63, 3.8) is 0 Å². The summed E-state index contributed by atoms with van der Waals surface area (Å²) in [4.78, 5) is 16.5. The van der Waals surface area contributed by atoms with Crippen LogP contribution in [0.2, 0.25) is 0 Å². The minimum absolute atomic E-state index is 0.606. The van der Waals surface area contributed by atoms with Gasteiger partial charge in [-0.3, -0.25) is 9.84 Å². The first kappa shape index (κ1) is 10.1. The van der Waals surface area contributed by atoms with Crippen molar-refractivity contribution in [2.45, 2.75) is 20.1 Å². The number of rotatable bonds is 4. The number of phosphoric acid groups is 1.